The Bertz CT molecular complexity index is 1190. The smallest absolute Gasteiger partial charge is 0.168 e. The van der Waals surface area contributed by atoms with E-state index >= 15 is 0 Å². The maximum Gasteiger partial charge on any atom is 0.168 e. The molecule has 3 aromatic heterocycles. The molecule has 2 saturated carbocycles. The van der Waals surface area contributed by atoms with Crippen LogP contribution in [0.2, 0.25) is 0 Å². The molecule has 6 rings (SSSR count). The maximum atomic E-state index is 11.1. The third-order valence-electron chi connectivity index (χ3n) is 7.43. The molecule has 8 nitrogen and oxygen atoms in total. The third kappa shape index (κ3) is 3.46. The highest BCUT2D eigenvalue weighted by atomic mass is 16.5. The van der Waals surface area contributed by atoms with Gasteiger partial charge in [-0.15, -0.1) is 0 Å². The van der Waals surface area contributed by atoms with E-state index in [2.05, 4.69) is 39.0 Å². The Morgan fingerprint density at radius 1 is 1.22 bits per heavy atom. The minimum atomic E-state index is -0.908. The van der Waals surface area contributed by atoms with E-state index in [1.54, 1.807) is 17.1 Å². The van der Waals surface area contributed by atoms with Crippen LogP contribution in [0.3, 0.4) is 0 Å². The van der Waals surface area contributed by atoms with E-state index in [0.29, 0.717) is 18.6 Å². The average Bonchev–Trinajstić information content (AvgIpc) is 3.17. The topological polar surface area (TPSA) is 92.1 Å². The monoisotopic (exact) mass is 432 g/mol. The highest BCUT2D eigenvalue weighted by molar-refractivity contribution is 5.85. The maximum absolute atomic E-state index is 11.1. The van der Waals surface area contributed by atoms with Gasteiger partial charge in [-0.05, 0) is 56.9 Å². The Morgan fingerprint density at radius 2 is 2.03 bits per heavy atom. The van der Waals surface area contributed by atoms with Crippen molar-refractivity contribution in [3.63, 3.8) is 0 Å². The number of aliphatic hydroxyl groups is 1. The van der Waals surface area contributed by atoms with Gasteiger partial charge in [-0.25, -0.2) is 4.98 Å². The molecule has 0 amide bonds. The molecule has 2 N–H and O–H groups in total. The summed E-state index contributed by atoms with van der Waals surface area (Å²) in [4.78, 5) is 7.21. The number of hydrogen-bond donors (Lipinski definition) is 2. The Hall–Kier alpha value is -2.89. The SMILES string of the molecule is CC1COCCN1c1cc(C#CC2(O)CCC3(CC2)CC3)c2cnn(-c3ccn[nH]3)c2n1. The van der Waals surface area contributed by atoms with E-state index in [4.69, 9.17) is 9.72 Å². The van der Waals surface area contributed by atoms with Crippen LogP contribution in [0.4, 0.5) is 5.82 Å². The highest BCUT2D eigenvalue weighted by Crippen LogP contribution is 2.57. The fourth-order valence-corrected chi connectivity index (χ4v) is 5.03. The average molecular weight is 433 g/mol. The number of rotatable bonds is 2. The molecule has 0 aromatic carbocycles. The summed E-state index contributed by atoms with van der Waals surface area (Å²) in [6, 6.07) is 4.11. The summed E-state index contributed by atoms with van der Waals surface area (Å²) < 4.78 is 7.38. The summed E-state index contributed by atoms with van der Waals surface area (Å²) in [6.45, 7) is 4.26. The summed E-state index contributed by atoms with van der Waals surface area (Å²) in [5.41, 5.74) is 1.18. The van der Waals surface area contributed by atoms with Gasteiger partial charge in [-0.3, -0.25) is 5.10 Å². The van der Waals surface area contributed by atoms with Gasteiger partial charge in [0.2, 0.25) is 0 Å². The zero-order valence-corrected chi connectivity index (χ0v) is 18.3. The van der Waals surface area contributed by atoms with Crippen molar-refractivity contribution in [1.29, 1.82) is 0 Å². The van der Waals surface area contributed by atoms with Crippen molar-refractivity contribution < 1.29 is 9.84 Å². The van der Waals surface area contributed by atoms with Crippen LogP contribution in [-0.2, 0) is 4.74 Å². The zero-order valence-electron chi connectivity index (χ0n) is 18.3. The van der Waals surface area contributed by atoms with Gasteiger partial charge in [-0.2, -0.15) is 14.9 Å². The normalized spacial score (nSPS) is 23.8. The number of morpholine rings is 1. The number of nitrogens with zero attached hydrogens (tertiary/aromatic N) is 5. The zero-order chi connectivity index (χ0) is 21.8. The van der Waals surface area contributed by atoms with Gasteiger partial charge >= 0.3 is 0 Å². The molecule has 1 unspecified atom stereocenters. The van der Waals surface area contributed by atoms with Crippen molar-refractivity contribution in [3.8, 4) is 17.7 Å². The van der Waals surface area contributed by atoms with Crippen LogP contribution in [0, 0.1) is 17.3 Å². The van der Waals surface area contributed by atoms with Crippen molar-refractivity contribution in [3.05, 3.63) is 30.1 Å². The fourth-order valence-electron chi connectivity index (χ4n) is 5.03. The van der Waals surface area contributed by atoms with Crippen molar-refractivity contribution in [2.24, 2.45) is 5.41 Å². The number of nitrogens with one attached hydrogen (secondary N) is 1. The van der Waals surface area contributed by atoms with Gasteiger partial charge in [0.25, 0.3) is 0 Å². The van der Waals surface area contributed by atoms with Crippen LogP contribution in [0.1, 0.15) is 51.0 Å². The number of aromatic nitrogens is 5. The summed E-state index contributed by atoms with van der Waals surface area (Å²) >= 11 is 0. The van der Waals surface area contributed by atoms with E-state index in [-0.39, 0.29) is 6.04 Å². The van der Waals surface area contributed by atoms with Gasteiger partial charge in [0.05, 0.1) is 37.0 Å². The minimum Gasteiger partial charge on any atom is -0.378 e. The number of pyridine rings is 1. The molecule has 32 heavy (non-hydrogen) atoms. The van der Waals surface area contributed by atoms with Crippen LogP contribution in [0.25, 0.3) is 16.9 Å². The minimum absolute atomic E-state index is 0.218. The molecule has 2 aliphatic carbocycles. The van der Waals surface area contributed by atoms with Crippen molar-refractivity contribution in [2.45, 2.75) is 57.1 Å². The molecule has 0 bridgehead atoms. The molecule has 1 atom stereocenters. The summed E-state index contributed by atoms with van der Waals surface area (Å²) in [5.74, 6) is 8.16. The second-order valence-corrected chi connectivity index (χ2v) is 9.66. The molecule has 1 aliphatic heterocycles. The number of hydrogen-bond acceptors (Lipinski definition) is 6. The lowest BCUT2D eigenvalue weighted by atomic mass is 9.77. The molecular weight excluding hydrogens is 404 g/mol. The fraction of sp³-hybridized carbons (Fsp3) is 0.542. The first-order valence-corrected chi connectivity index (χ1v) is 11.5. The summed E-state index contributed by atoms with van der Waals surface area (Å²) in [6.07, 6.45) is 9.80. The lowest BCUT2D eigenvalue weighted by molar-refractivity contribution is 0.0390. The molecule has 3 fully saturated rings. The van der Waals surface area contributed by atoms with Crippen LogP contribution >= 0.6 is 0 Å². The molecular formula is C24H28N6O2. The number of aromatic amines is 1. The first-order valence-electron chi connectivity index (χ1n) is 11.5. The van der Waals surface area contributed by atoms with Crippen LogP contribution in [-0.4, -0.2) is 61.5 Å². The molecule has 1 spiro atoms. The molecule has 0 radical (unpaired) electrons. The molecule has 4 heterocycles. The van der Waals surface area contributed by atoms with Gasteiger partial charge in [0.1, 0.15) is 11.4 Å². The van der Waals surface area contributed by atoms with Gasteiger partial charge in [-0.1, -0.05) is 11.8 Å². The number of fused-ring (bicyclic) bond motifs is 1. The quantitative estimate of drug-likeness (QED) is 0.605. The van der Waals surface area contributed by atoms with Crippen molar-refractivity contribution in [1.82, 2.24) is 25.0 Å². The first-order chi connectivity index (χ1) is 15.5. The number of anilines is 1. The number of H-pyrrole nitrogens is 1. The summed E-state index contributed by atoms with van der Waals surface area (Å²) in [5, 5.41) is 23.6. The standard InChI is InChI=1S/C24H28N6O2/c1-17-16-32-13-12-29(17)21-14-18(2-4-24(31)9-7-23(5-6-23)8-10-24)19-15-26-30(22(19)27-21)20-3-11-25-28-20/h3,11,14-15,17,31H,5-10,12-13,16H2,1H3,(H,25,28). The lowest BCUT2D eigenvalue weighted by Gasteiger charge is -2.34. The van der Waals surface area contributed by atoms with E-state index in [1.165, 1.54) is 12.8 Å². The van der Waals surface area contributed by atoms with Gasteiger partial charge < -0.3 is 14.7 Å². The predicted molar refractivity (Wildman–Crippen MR) is 121 cm³/mol. The molecule has 3 aromatic rings. The van der Waals surface area contributed by atoms with Gasteiger partial charge in [0.15, 0.2) is 11.5 Å². The largest absolute Gasteiger partial charge is 0.378 e. The second kappa shape index (κ2) is 7.32. The molecule has 166 valence electrons. The third-order valence-corrected chi connectivity index (χ3v) is 7.43. The lowest BCUT2D eigenvalue weighted by Crippen LogP contribution is -2.44. The Morgan fingerprint density at radius 3 is 2.75 bits per heavy atom. The van der Waals surface area contributed by atoms with Gasteiger partial charge in [0, 0.05) is 18.2 Å². The molecule has 1 saturated heterocycles. The predicted octanol–water partition coefficient (Wildman–Crippen LogP) is 2.81. The van der Waals surface area contributed by atoms with Crippen LogP contribution < -0.4 is 4.90 Å². The Balaban J connectivity index is 1.42. The molecule has 8 heteroatoms. The van der Waals surface area contributed by atoms with Crippen molar-refractivity contribution in [2.75, 3.05) is 24.7 Å². The number of ether oxygens (including phenoxy) is 1. The second-order valence-electron chi connectivity index (χ2n) is 9.66. The Kier molecular flexibility index (Phi) is 4.52. The summed E-state index contributed by atoms with van der Waals surface area (Å²) in [7, 11) is 0. The van der Waals surface area contributed by atoms with Crippen LogP contribution in [0.5, 0.6) is 0 Å². The highest BCUT2D eigenvalue weighted by Gasteiger charge is 2.48. The Labute approximate surface area is 187 Å². The van der Waals surface area contributed by atoms with Crippen LogP contribution in [0.15, 0.2) is 24.5 Å². The van der Waals surface area contributed by atoms with E-state index in [0.717, 1.165) is 60.5 Å². The van der Waals surface area contributed by atoms with Crippen molar-refractivity contribution >= 4 is 16.9 Å². The van der Waals surface area contributed by atoms with E-state index < -0.39 is 5.60 Å². The first kappa shape index (κ1) is 19.8. The van der Waals surface area contributed by atoms with E-state index in [1.807, 2.05) is 12.1 Å². The van der Waals surface area contributed by atoms with E-state index in [9.17, 15) is 5.11 Å². The molecule has 3 aliphatic rings.